The van der Waals surface area contributed by atoms with E-state index in [9.17, 15) is 4.79 Å². The van der Waals surface area contributed by atoms with Crippen LogP contribution in [-0.2, 0) is 4.79 Å². The van der Waals surface area contributed by atoms with E-state index in [1.54, 1.807) is 6.20 Å². The number of carbonyl (C=O) groups excluding carboxylic acids is 1. The van der Waals surface area contributed by atoms with Gasteiger partial charge in [-0.1, -0.05) is 13.0 Å². The number of amides is 1. The molecule has 18 heavy (non-hydrogen) atoms. The van der Waals surface area contributed by atoms with Crippen molar-refractivity contribution in [3.63, 3.8) is 0 Å². The minimum atomic E-state index is -0.355. The van der Waals surface area contributed by atoms with Crippen LogP contribution in [-0.4, -0.2) is 48.0 Å². The average molecular weight is 248 g/mol. The lowest BCUT2D eigenvalue weighted by Crippen LogP contribution is -2.53. The molecule has 0 spiro atoms. The Morgan fingerprint density at radius 2 is 2.11 bits per heavy atom. The predicted molar refractivity (Wildman–Crippen MR) is 71.3 cm³/mol. The fraction of sp³-hybridized carbons (Fsp3) is 0.538. The lowest BCUT2D eigenvalue weighted by atomic mass is 10.2. The summed E-state index contributed by atoms with van der Waals surface area (Å²) in [6.45, 7) is 5.03. The van der Waals surface area contributed by atoms with E-state index in [0.717, 1.165) is 32.0 Å². The van der Waals surface area contributed by atoms with Crippen LogP contribution in [0.25, 0.3) is 0 Å². The molecule has 1 fully saturated rings. The summed E-state index contributed by atoms with van der Waals surface area (Å²) in [5, 5.41) is 0. The molecule has 1 amide bonds. The number of hydrogen-bond acceptors (Lipinski definition) is 4. The van der Waals surface area contributed by atoms with Gasteiger partial charge in [0.1, 0.15) is 5.82 Å². The number of hydrogen-bond donors (Lipinski definition) is 1. The second-order valence-electron chi connectivity index (χ2n) is 4.52. The second kappa shape index (κ2) is 5.82. The van der Waals surface area contributed by atoms with E-state index in [0.29, 0.717) is 6.42 Å². The summed E-state index contributed by atoms with van der Waals surface area (Å²) in [6.07, 6.45) is 2.49. The molecule has 1 saturated heterocycles. The Bertz CT molecular complexity index is 387. The summed E-state index contributed by atoms with van der Waals surface area (Å²) in [5.74, 6) is 1.04. The van der Waals surface area contributed by atoms with Crippen molar-refractivity contribution in [1.82, 2.24) is 9.88 Å². The topological polar surface area (TPSA) is 62.5 Å². The van der Waals surface area contributed by atoms with Crippen molar-refractivity contribution in [3.05, 3.63) is 24.4 Å². The highest BCUT2D eigenvalue weighted by molar-refractivity contribution is 5.81. The number of aromatic nitrogens is 1. The number of pyridine rings is 1. The van der Waals surface area contributed by atoms with Gasteiger partial charge < -0.3 is 15.5 Å². The van der Waals surface area contributed by atoms with Crippen LogP contribution in [0.15, 0.2) is 24.4 Å². The average Bonchev–Trinajstić information content (AvgIpc) is 2.47. The third kappa shape index (κ3) is 2.79. The van der Waals surface area contributed by atoms with E-state index in [-0.39, 0.29) is 11.9 Å². The molecular weight excluding hydrogens is 228 g/mol. The first-order valence-corrected chi connectivity index (χ1v) is 6.42. The molecule has 0 saturated carbocycles. The minimum absolute atomic E-state index is 0.0678. The van der Waals surface area contributed by atoms with Crippen LogP contribution in [0.2, 0.25) is 0 Å². The molecule has 2 heterocycles. The zero-order chi connectivity index (χ0) is 13.0. The van der Waals surface area contributed by atoms with Crippen LogP contribution in [0.1, 0.15) is 13.3 Å². The Kier molecular flexibility index (Phi) is 4.15. The first kappa shape index (κ1) is 12.8. The molecule has 0 radical (unpaired) electrons. The van der Waals surface area contributed by atoms with Crippen molar-refractivity contribution < 1.29 is 4.79 Å². The van der Waals surface area contributed by atoms with E-state index < -0.39 is 0 Å². The highest BCUT2D eigenvalue weighted by atomic mass is 16.2. The zero-order valence-corrected chi connectivity index (χ0v) is 10.7. The molecule has 5 nitrogen and oxygen atoms in total. The van der Waals surface area contributed by atoms with Gasteiger partial charge in [-0.05, 0) is 18.6 Å². The smallest absolute Gasteiger partial charge is 0.239 e. The van der Waals surface area contributed by atoms with Crippen molar-refractivity contribution >= 4 is 11.7 Å². The molecule has 0 bridgehead atoms. The summed E-state index contributed by atoms with van der Waals surface area (Å²) in [5.41, 5.74) is 5.78. The highest BCUT2D eigenvalue weighted by Gasteiger charge is 2.24. The Labute approximate surface area is 108 Å². The number of rotatable bonds is 3. The van der Waals surface area contributed by atoms with E-state index in [1.165, 1.54) is 0 Å². The Balaban J connectivity index is 1.90. The zero-order valence-electron chi connectivity index (χ0n) is 10.7. The summed E-state index contributed by atoms with van der Waals surface area (Å²) in [7, 11) is 0. The van der Waals surface area contributed by atoms with Gasteiger partial charge in [0.15, 0.2) is 0 Å². The first-order chi connectivity index (χ1) is 8.72. The van der Waals surface area contributed by atoms with Crippen molar-refractivity contribution in [2.24, 2.45) is 5.73 Å². The molecule has 0 aromatic carbocycles. The van der Waals surface area contributed by atoms with Gasteiger partial charge >= 0.3 is 0 Å². The summed E-state index contributed by atoms with van der Waals surface area (Å²) in [4.78, 5) is 20.3. The molecule has 1 aliphatic rings. The van der Waals surface area contributed by atoms with Gasteiger partial charge in [-0.2, -0.15) is 0 Å². The molecule has 5 heteroatoms. The quantitative estimate of drug-likeness (QED) is 0.844. The second-order valence-corrected chi connectivity index (χ2v) is 4.52. The molecule has 1 atom stereocenters. The Hall–Kier alpha value is -1.62. The van der Waals surface area contributed by atoms with Crippen LogP contribution in [0.5, 0.6) is 0 Å². The van der Waals surface area contributed by atoms with Crippen LogP contribution in [0.3, 0.4) is 0 Å². The standard InChI is InChI=1S/C13H20N4O/c1-2-11(14)13(18)17-9-7-16(8-10-17)12-5-3-4-6-15-12/h3-6,11H,2,7-10,14H2,1H3. The monoisotopic (exact) mass is 248 g/mol. The van der Waals surface area contributed by atoms with E-state index >= 15 is 0 Å². The van der Waals surface area contributed by atoms with Crippen molar-refractivity contribution in [2.45, 2.75) is 19.4 Å². The predicted octanol–water partition coefficient (Wildman–Crippen LogP) is 0.468. The Morgan fingerprint density at radius 1 is 1.39 bits per heavy atom. The SMILES string of the molecule is CCC(N)C(=O)N1CCN(c2ccccn2)CC1. The normalized spacial score (nSPS) is 17.7. The highest BCUT2D eigenvalue weighted by Crippen LogP contribution is 2.13. The Morgan fingerprint density at radius 3 is 2.67 bits per heavy atom. The van der Waals surface area contributed by atoms with Gasteiger partial charge in [0.2, 0.25) is 5.91 Å². The summed E-state index contributed by atoms with van der Waals surface area (Å²) in [6, 6.07) is 5.53. The van der Waals surface area contributed by atoms with E-state index in [2.05, 4.69) is 9.88 Å². The minimum Gasteiger partial charge on any atom is -0.353 e. The van der Waals surface area contributed by atoms with Gasteiger partial charge in [0, 0.05) is 32.4 Å². The molecule has 0 aliphatic carbocycles. The number of carbonyl (C=O) groups is 1. The van der Waals surface area contributed by atoms with Crippen molar-refractivity contribution in [2.75, 3.05) is 31.1 Å². The van der Waals surface area contributed by atoms with E-state index in [4.69, 9.17) is 5.73 Å². The lowest BCUT2D eigenvalue weighted by molar-refractivity contribution is -0.132. The van der Waals surface area contributed by atoms with Crippen LogP contribution < -0.4 is 10.6 Å². The molecule has 1 unspecified atom stereocenters. The van der Waals surface area contributed by atoms with Gasteiger partial charge in [-0.3, -0.25) is 4.79 Å². The molecule has 1 aromatic heterocycles. The van der Waals surface area contributed by atoms with Crippen molar-refractivity contribution in [3.8, 4) is 0 Å². The molecule has 2 N–H and O–H groups in total. The third-order valence-corrected chi connectivity index (χ3v) is 3.32. The molecule has 1 aliphatic heterocycles. The fourth-order valence-electron chi connectivity index (χ4n) is 2.11. The number of nitrogens with zero attached hydrogens (tertiary/aromatic N) is 3. The van der Waals surface area contributed by atoms with Gasteiger partial charge in [-0.25, -0.2) is 4.98 Å². The van der Waals surface area contributed by atoms with Crippen molar-refractivity contribution in [1.29, 1.82) is 0 Å². The largest absolute Gasteiger partial charge is 0.353 e. The molecule has 1 aromatic rings. The van der Waals surface area contributed by atoms with Crippen LogP contribution >= 0.6 is 0 Å². The maximum absolute atomic E-state index is 11.9. The first-order valence-electron chi connectivity index (χ1n) is 6.42. The third-order valence-electron chi connectivity index (χ3n) is 3.32. The van der Waals surface area contributed by atoms with E-state index in [1.807, 2.05) is 30.0 Å². The van der Waals surface area contributed by atoms with Crippen LogP contribution in [0.4, 0.5) is 5.82 Å². The molecule has 98 valence electrons. The summed E-state index contributed by atoms with van der Waals surface area (Å²) < 4.78 is 0. The summed E-state index contributed by atoms with van der Waals surface area (Å²) >= 11 is 0. The number of piperazine rings is 1. The van der Waals surface area contributed by atoms with Gasteiger partial charge in [-0.15, -0.1) is 0 Å². The maximum atomic E-state index is 11.9. The van der Waals surface area contributed by atoms with Gasteiger partial charge in [0.25, 0.3) is 0 Å². The number of anilines is 1. The fourth-order valence-corrected chi connectivity index (χ4v) is 2.11. The maximum Gasteiger partial charge on any atom is 0.239 e. The molecular formula is C13H20N4O. The lowest BCUT2D eigenvalue weighted by Gasteiger charge is -2.36. The van der Waals surface area contributed by atoms with Gasteiger partial charge in [0.05, 0.1) is 6.04 Å². The molecule has 2 rings (SSSR count). The number of nitrogens with two attached hydrogens (primary N) is 1. The van der Waals surface area contributed by atoms with Crippen LogP contribution in [0, 0.1) is 0 Å².